The second kappa shape index (κ2) is 10.4. The van der Waals surface area contributed by atoms with Gasteiger partial charge < -0.3 is 5.11 Å². The van der Waals surface area contributed by atoms with E-state index in [0.29, 0.717) is 16.6 Å². The summed E-state index contributed by atoms with van der Waals surface area (Å²) in [5, 5.41) is 15.3. The van der Waals surface area contributed by atoms with Crippen LogP contribution in [0.25, 0.3) is 23.1 Å². The molecule has 0 fully saturated rings. The zero-order valence-corrected chi connectivity index (χ0v) is 21.4. The Labute approximate surface area is 230 Å². The molecule has 0 aliphatic rings. The van der Waals surface area contributed by atoms with Crippen molar-refractivity contribution in [2.75, 3.05) is 0 Å². The molecule has 0 saturated carbocycles. The number of carboxylic acids is 1. The summed E-state index contributed by atoms with van der Waals surface area (Å²) < 4.78 is 17.2. The van der Waals surface area contributed by atoms with E-state index in [1.54, 1.807) is 12.4 Å². The minimum absolute atomic E-state index is 0.409. The Hall–Kier alpha value is -5.36. The number of nitrogens with zero attached hydrogens (tertiary/aromatic N) is 3. The third kappa shape index (κ3) is 4.25. The lowest BCUT2D eigenvalue weighted by atomic mass is 9.77. The minimum atomic E-state index is -1.34. The lowest BCUT2D eigenvalue weighted by molar-refractivity contribution is 0.0692. The molecule has 2 heterocycles. The van der Waals surface area contributed by atoms with Crippen molar-refractivity contribution < 1.29 is 14.3 Å². The molecular weight excluding hydrogens is 501 g/mol. The van der Waals surface area contributed by atoms with E-state index < -0.39 is 22.9 Å². The van der Waals surface area contributed by atoms with Crippen LogP contribution >= 0.6 is 0 Å². The maximum Gasteiger partial charge on any atom is 0.338 e. The molecule has 0 aliphatic heterocycles. The summed E-state index contributed by atoms with van der Waals surface area (Å²) in [6.07, 6.45) is 7.08. The summed E-state index contributed by atoms with van der Waals surface area (Å²) in [6, 6.07) is 36.2. The average Bonchev–Trinajstić information content (AvgIpc) is 3.35. The Morgan fingerprint density at radius 1 is 0.775 bits per heavy atom. The standard InChI is InChI=1S/C34H24FN3O2/c35-30-22-32-29(21-28(30)33(39)40)31(19-18-24-11-10-20-36-23-24)37-38(32)34(25-12-4-1-5-13-25,26-14-6-2-7-15-26)27-16-8-3-9-17-27/h1-23H,(H,39,40)/b19-18+. The molecule has 0 amide bonds. The number of carboxylic acid groups (broad SMARTS) is 1. The first-order chi connectivity index (χ1) is 19.6. The zero-order valence-electron chi connectivity index (χ0n) is 21.4. The summed E-state index contributed by atoms with van der Waals surface area (Å²) in [6.45, 7) is 0. The summed E-state index contributed by atoms with van der Waals surface area (Å²) in [7, 11) is 0. The van der Waals surface area contributed by atoms with Crippen LogP contribution in [0.2, 0.25) is 0 Å². The molecule has 6 rings (SSSR count). The average molecular weight is 526 g/mol. The van der Waals surface area contributed by atoms with Crippen molar-refractivity contribution in [3.05, 3.63) is 167 Å². The Bertz CT molecular complexity index is 1720. The van der Waals surface area contributed by atoms with E-state index in [9.17, 15) is 9.90 Å². The van der Waals surface area contributed by atoms with Crippen LogP contribution in [0.5, 0.6) is 0 Å². The zero-order chi connectivity index (χ0) is 27.5. The van der Waals surface area contributed by atoms with Crippen molar-refractivity contribution in [3.8, 4) is 0 Å². The van der Waals surface area contributed by atoms with Crippen LogP contribution < -0.4 is 0 Å². The summed E-state index contributed by atoms with van der Waals surface area (Å²) in [5.74, 6) is -2.16. The fraction of sp³-hybridized carbons (Fsp3) is 0.0294. The van der Waals surface area contributed by atoms with Gasteiger partial charge in [-0.1, -0.05) is 103 Å². The minimum Gasteiger partial charge on any atom is -0.478 e. The van der Waals surface area contributed by atoms with Gasteiger partial charge >= 0.3 is 5.97 Å². The van der Waals surface area contributed by atoms with Crippen LogP contribution in [0.3, 0.4) is 0 Å². The molecule has 5 nitrogen and oxygen atoms in total. The second-order valence-electron chi connectivity index (χ2n) is 9.38. The van der Waals surface area contributed by atoms with Gasteiger partial charge in [0.25, 0.3) is 0 Å². The third-order valence-corrected chi connectivity index (χ3v) is 7.04. The molecule has 2 aromatic heterocycles. The number of fused-ring (bicyclic) bond motifs is 1. The number of halogens is 1. The number of pyridine rings is 1. The number of hydrogen-bond acceptors (Lipinski definition) is 3. The van der Waals surface area contributed by atoms with Crippen LogP contribution in [-0.2, 0) is 5.54 Å². The Morgan fingerprint density at radius 3 is 1.85 bits per heavy atom. The van der Waals surface area contributed by atoms with E-state index in [4.69, 9.17) is 5.10 Å². The van der Waals surface area contributed by atoms with E-state index >= 15 is 4.39 Å². The highest BCUT2D eigenvalue weighted by Crippen LogP contribution is 2.43. The predicted molar refractivity (Wildman–Crippen MR) is 154 cm³/mol. The highest BCUT2D eigenvalue weighted by molar-refractivity contribution is 5.97. The first-order valence-electron chi connectivity index (χ1n) is 12.8. The Morgan fingerprint density at radius 2 is 1.35 bits per heavy atom. The summed E-state index contributed by atoms with van der Waals surface area (Å²) >= 11 is 0. The van der Waals surface area contributed by atoms with Crippen molar-refractivity contribution in [1.82, 2.24) is 14.8 Å². The molecule has 194 valence electrons. The molecular formula is C34H24FN3O2. The maximum absolute atomic E-state index is 15.4. The molecule has 0 saturated heterocycles. The topological polar surface area (TPSA) is 68.0 Å². The van der Waals surface area contributed by atoms with Crippen LogP contribution in [0.15, 0.2) is 128 Å². The number of benzene rings is 4. The first-order valence-corrected chi connectivity index (χ1v) is 12.8. The van der Waals surface area contributed by atoms with E-state index in [1.807, 2.05) is 120 Å². The molecule has 0 atom stereocenters. The predicted octanol–water partition coefficient (Wildman–Crippen LogP) is 7.28. The molecule has 40 heavy (non-hydrogen) atoms. The second-order valence-corrected chi connectivity index (χ2v) is 9.38. The number of aromatic carboxylic acids is 1. The number of rotatable bonds is 7. The van der Waals surface area contributed by atoms with Gasteiger partial charge in [-0.15, -0.1) is 0 Å². The maximum atomic E-state index is 15.4. The van der Waals surface area contributed by atoms with Gasteiger partial charge in [0.2, 0.25) is 0 Å². The molecule has 0 bridgehead atoms. The molecule has 0 aliphatic carbocycles. The van der Waals surface area contributed by atoms with Crippen molar-refractivity contribution >= 4 is 29.0 Å². The van der Waals surface area contributed by atoms with Gasteiger partial charge in [0, 0.05) is 23.8 Å². The van der Waals surface area contributed by atoms with Crippen LogP contribution in [0.1, 0.15) is 38.3 Å². The van der Waals surface area contributed by atoms with Crippen molar-refractivity contribution in [3.63, 3.8) is 0 Å². The van der Waals surface area contributed by atoms with Gasteiger partial charge in [-0.05, 0) is 40.5 Å². The lowest BCUT2D eigenvalue weighted by Gasteiger charge is -2.37. The van der Waals surface area contributed by atoms with E-state index in [0.717, 1.165) is 22.3 Å². The molecule has 0 radical (unpaired) electrons. The van der Waals surface area contributed by atoms with Gasteiger partial charge in [0.15, 0.2) is 0 Å². The van der Waals surface area contributed by atoms with Gasteiger partial charge in [0.1, 0.15) is 11.4 Å². The van der Waals surface area contributed by atoms with Gasteiger partial charge in [-0.2, -0.15) is 5.10 Å². The fourth-order valence-corrected chi connectivity index (χ4v) is 5.26. The SMILES string of the molecule is O=C(O)c1cc2c(/C=C/c3cccnc3)nn(C(c3ccccc3)(c3ccccc3)c3ccccc3)c2cc1F. The molecule has 6 aromatic rings. The highest BCUT2D eigenvalue weighted by atomic mass is 19.1. The van der Waals surface area contributed by atoms with Crippen LogP contribution in [0.4, 0.5) is 4.39 Å². The van der Waals surface area contributed by atoms with Crippen LogP contribution in [-0.4, -0.2) is 25.8 Å². The van der Waals surface area contributed by atoms with E-state index in [1.165, 1.54) is 12.1 Å². The molecule has 6 heteroatoms. The van der Waals surface area contributed by atoms with Gasteiger partial charge in [0.05, 0.1) is 16.8 Å². The quantitative estimate of drug-likeness (QED) is 0.223. The number of hydrogen-bond donors (Lipinski definition) is 1. The molecule has 4 aromatic carbocycles. The molecule has 1 N–H and O–H groups in total. The van der Waals surface area contributed by atoms with Crippen molar-refractivity contribution in [1.29, 1.82) is 0 Å². The smallest absolute Gasteiger partial charge is 0.338 e. The Kier molecular flexibility index (Phi) is 6.50. The summed E-state index contributed by atoms with van der Waals surface area (Å²) in [4.78, 5) is 16.1. The number of aromatic nitrogens is 3. The van der Waals surface area contributed by atoms with Gasteiger partial charge in [-0.25, -0.2) is 13.9 Å². The largest absolute Gasteiger partial charge is 0.478 e. The van der Waals surface area contributed by atoms with Gasteiger partial charge in [-0.3, -0.25) is 4.98 Å². The molecule has 0 spiro atoms. The lowest BCUT2D eigenvalue weighted by Crippen LogP contribution is -2.38. The normalized spacial score (nSPS) is 11.7. The van der Waals surface area contributed by atoms with E-state index in [2.05, 4.69) is 4.98 Å². The first kappa shape index (κ1) is 24.9. The summed E-state index contributed by atoms with van der Waals surface area (Å²) in [5.41, 5.74) is 3.17. The van der Waals surface area contributed by atoms with Crippen molar-refractivity contribution in [2.24, 2.45) is 0 Å². The fourth-order valence-electron chi connectivity index (χ4n) is 5.26. The Balaban J connectivity index is 1.75. The van der Waals surface area contributed by atoms with E-state index in [-0.39, 0.29) is 0 Å². The third-order valence-electron chi connectivity index (χ3n) is 7.04. The van der Waals surface area contributed by atoms with Crippen LogP contribution in [0, 0.1) is 5.82 Å². The monoisotopic (exact) mass is 525 g/mol. The highest BCUT2D eigenvalue weighted by Gasteiger charge is 2.41. The molecule has 0 unspecified atom stereocenters. The van der Waals surface area contributed by atoms with Crippen molar-refractivity contribution in [2.45, 2.75) is 5.54 Å². The number of carbonyl (C=O) groups is 1.